The van der Waals surface area contributed by atoms with E-state index >= 15 is 0 Å². The highest BCUT2D eigenvalue weighted by Gasteiger charge is 2.28. The molecular weight excluding hydrogens is 384 g/mol. The molecular formula is C22H22N4O2S. The normalized spacial score (nSPS) is 14.6. The van der Waals surface area contributed by atoms with Crippen molar-refractivity contribution in [3.63, 3.8) is 0 Å². The summed E-state index contributed by atoms with van der Waals surface area (Å²) in [5.41, 5.74) is 1.44. The van der Waals surface area contributed by atoms with Crippen LogP contribution in [0.1, 0.15) is 46.4 Å². The Kier molecular flexibility index (Phi) is 5.95. The summed E-state index contributed by atoms with van der Waals surface area (Å²) in [7, 11) is 0. The summed E-state index contributed by atoms with van der Waals surface area (Å²) in [4.78, 5) is 33.7. The number of hydrogen-bond donors (Lipinski definition) is 2. The number of rotatable bonds is 7. The fourth-order valence-corrected chi connectivity index (χ4v) is 4.03. The molecule has 2 heterocycles. The predicted molar refractivity (Wildman–Crippen MR) is 113 cm³/mol. The molecule has 0 radical (unpaired) electrons. The van der Waals surface area contributed by atoms with Crippen molar-refractivity contribution in [2.75, 3.05) is 5.32 Å². The maximum Gasteiger partial charge on any atom is 0.276 e. The SMILES string of the molecule is O=C(Nc1ccccn1)c1csc([C@H](Cc2ccccc2)NC(=O)C2CCC2)n1. The first-order valence-electron chi connectivity index (χ1n) is 9.71. The van der Waals surface area contributed by atoms with E-state index in [-0.39, 0.29) is 23.8 Å². The van der Waals surface area contributed by atoms with E-state index in [2.05, 4.69) is 20.6 Å². The Bertz CT molecular complexity index is 971. The van der Waals surface area contributed by atoms with Crippen LogP contribution in [0.4, 0.5) is 5.82 Å². The van der Waals surface area contributed by atoms with Gasteiger partial charge in [0.25, 0.3) is 5.91 Å². The Labute approximate surface area is 173 Å². The molecule has 2 N–H and O–H groups in total. The monoisotopic (exact) mass is 406 g/mol. The minimum atomic E-state index is -0.310. The number of nitrogens with one attached hydrogen (secondary N) is 2. The molecule has 4 rings (SSSR count). The molecule has 1 aliphatic carbocycles. The highest BCUT2D eigenvalue weighted by Crippen LogP contribution is 2.29. The molecule has 2 aromatic heterocycles. The molecule has 6 nitrogen and oxygen atoms in total. The van der Waals surface area contributed by atoms with Crippen LogP contribution >= 0.6 is 11.3 Å². The molecule has 148 valence electrons. The van der Waals surface area contributed by atoms with Crippen LogP contribution in [0.5, 0.6) is 0 Å². The van der Waals surface area contributed by atoms with E-state index in [1.165, 1.54) is 11.3 Å². The van der Waals surface area contributed by atoms with Gasteiger partial charge in [-0.15, -0.1) is 11.3 Å². The summed E-state index contributed by atoms with van der Waals surface area (Å²) in [5, 5.41) is 8.35. The van der Waals surface area contributed by atoms with Gasteiger partial charge in [-0.25, -0.2) is 9.97 Å². The Morgan fingerprint density at radius 2 is 1.90 bits per heavy atom. The molecule has 1 aliphatic rings. The number of carbonyl (C=O) groups is 2. The highest BCUT2D eigenvalue weighted by molar-refractivity contribution is 7.10. The number of nitrogens with zero attached hydrogens (tertiary/aromatic N) is 2. The number of thiazole rings is 1. The van der Waals surface area contributed by atoms with Gasteiger partial charge in [0.15, 0.2) is 0 Å². The van der Waals surface area contributed by atoms with E-state index in [0.29, 0.717) is 17.9 Å². The maximum absolute atomic E-state index is 12.6. The molecule has 3 aromatic rings. The summed E-state index contributed by atoms with van der Waals surface area (Å²) in [6.07, 6.45) is 5.25. The van der Waals surface area contributed by atoms with Gasteiger partial charge in [-0.3, -0.25) is 9.59 Å². The van der Waals surface area contributed by atoms with Crippen LogP contribution in [-0.4, -0.2) is 21.8 Å². The number of anilines is 1. The molecule has 1 aromatic carbocycles. The highest BCUT2D eigenvalue weighted by atomic mass is 32.1. The zero-order valence-corrected chi connectivity index (χ0v) is 16.7. The lowest BCUT2D eigenvalue weighted by Gasteiger charge is -2.27. The fraction of sp³-hybridized carbons (Fsp3) is 0.273. The average molecular weight is 407 g/mol. The summed E-state index contributed by atoms with van der Waals surface area (Å²) < 4.78 is 0. The van der Waals surface area contributed by atoms with Gasteiger partial charge in [0.1, 0.15) is 16.5 Å². The van der Waals surface area contributed by atoms with Crippen LogP contribution in [0, 0.1) is 5.92 Å². The van der Waals surface area contributed by atoms with Gasteiger partial charge in [0.05, 0.1) is 6.04 Å². The summed E-state index contributed by atoms with van der Waals surface area (Å²) in [6, 6.07) is 15.1. The van der Waals surface area contributed by atoms with Crippen molar-refractivity contribution in [3.05, 3.63) is 76.4 Å². The number of pyridine rings is 1. The van der Waals surface area contributed by atoms with E-state index in [1.54, 1.807) is 29.8 Å². The molecule has 1 atom stereocenters. The van der Waals surface area contributed by atoms with Gasteiger partial charge in [-0.2, -0.15) is 0 Å². The molecule has 0 aliphatic heterocycles. The first-order valence-corrected chi connectivity index (χ1v) is 10.6. The van der Waals surface area contributed by atoms with Gasteiger partial charge in [-0.1, -0.05) is 42.8 Å². The second-order valence-corrected chi connectivity index (χ2v) is 8.01. The number of carbonyl (C=O) groups excluding carboxylic acids is 2. The number of hydrogen-bond acceptors (Lipinski definition) is 5. The first-order chi connectivity index (χ1) is 14.2. The third-order valence-electron chi connectivity index (χ3n) is 5.03. The van der Waals surface area contributed by atoms with Crippen molar-refractivity contribution >= 4 is 29.0 Å². The Hall–Kier alpha value is -3.06. The van der Waals surface area contributed by atoms with E-state index in [1.807, 2.05) is 30.3 Å². The molecule has 0 bridgehead atoms. The summed E-state index contributed by atoms with van der Waals surface area (Å²) in [5.74, 6) is 0.341. The van der Waals surface area contributed by atoms with Crippen LogP contribution in [-0.2, 0) is 11.2 Å². The molecule has 1 saturated carbocycles. The van der Waals surface area contributed by atoms with E-state index in [9.17, 15) is 9.59 Å². The minimum absolute atomic E-state index is 0.0758. The molecule has 7 heteroatoms. The van der Waals surface area contributed by atoms with Gasteiger partial charge < -0.3 is 10.6 Å². The topological polar surface area (TPSA) is 84.0 Å². The quantitative estimate of drug-likeness (QED) is 0.621. The zero-order valence-electron chi connectivity index (χ0n) is 15.9. The van der Waals surface area contributed by atoms with Crippen molar-refractivity contribution < 1.29 is 9.59 Å². The molecule has 2 amide bonds. The number of amides is 2. The molecule has 0 saturated heterocycles. The van der Waals surface area contributed by atoms with E-state index in [4.69, 9.17) is 0 Å². The maximum atomic E-state index is 12.6. The lowest BCUT2D eigenvalue weighted by atomic mass is 9.84. The number of benzene rings is 1. The van der Waals surface area contributed by atoms with Gasteiger partial charge in [0.2, 0.25) is 5.91 Å². The van der Waals surface area contributed by atoms with Crippen LogP contribution in [0.15, 0.2) is 60.1 Å². The van der Waals surface area contributed by atoms with Crippen LogP contribution < -0.4 is 10.6 Å². The zero-order chi connectivity index (χ0) is 20.1. The molecule has 0 unspecified atom stereocenters. The third-order valence-corrected chi connectivity index (χ3v) is 5.99. The Balaban J connectivity index is 1.50. The van der Waals surface area contributed by atoms with E-state index < -0.39 is 0 Å². The second kappa shape index (κ2) is 8.96. The van der Waals surface area contributed by atoms with Crippen molar-refractivity contribution in [2.45, 2.75) is 31.7 Å². The minimum Gasteiger partial charge on any atom is -0.346 e. The van der Waals surface area contributed by atoms with Crippen molar-refractivity contribution in [3.8, 4) is 0 Å². The molecule has 1 fully saturated rings. The van der Waals surface area contributed by atoms with Crippen LogP contribution in [0.2, 0.25) is 0 Å². The smallest absolute Gasteiger partial charge is 0.276 e. The van der Waals surface area contributed by atoms with Crippen LogP contribution in [0.25, 0.3) is 0 Å². The molecule has 29 heavy (non-hydrogen) atoms. The van der Waals surface area contributed by atoms with Gasteiger partial charge >= 0.3 is 0 Å². The van der Waals surface area contributed by atoms with Crippen molar-refractivity contribution in [1.82, 2.24) is 15.3 Å². The summed E-state index contributed by atoms with van der Waals surface area (Å²) >= 11 is 1.39. The van der Waals surface area contributed by atoms with Gasteiger partial charge in [0, 0.05) is 17.5 Å². The predicted octanol–water partition coefficient (Wildman–Crippen LogP) is 3.99. The number of aromatic nitrogens is 2. The average Bonchev–Trinajstić information content (AvgIpc) is 3.18. The lowest BCUT2D eigenvalue weighted by molar-refractivity contribution is -0.128. The Morgan fingerprint density at radius 3 is 2.59 bits per heavy atom. The first kappa shape index (κ1) is 19.3. The molecule has 0 spiro atoms. The Morgan fingerprint density at radius 1 is 1.10 bits per heavy atom. The lowest BCUT2D eigenvalue weighted by Crippen LogP contribution is -2.37. The summed E-state index contributed by atoms with van der Waals surface area (Å²) in [6.45, 7) is 0. The largest absolute Gasteiger partial charge is 0.346 e. The van der Waals surface area contributed by atoms with Crippen LogP contribution in [0.3, 0.4) is 0 Å². The van der Waals surface area contributed by atoms with Crippen molar-refractivity contribution in [1.29, 1.82) is 0 Å². The second-order valence-electron chi connectivity index (χ2n) is 7.12. The van der Waals surface area contributed by atoms with Gasteiger partial charge in [-0.05, 0) is 37.0 Å². The third kappa shape index (κ3) is 4.86. The van der Waals surface area contributed by atoms with E-state index in [0.717, 1.165) is 29.8 Å². The standard InChI is InChI=1S/C22H22N4O2S/c27-20(16-9-6-10-16)24-17(13-15-7-2-1-3-8-15)22-25-18(14-29-22)21(28)26-19-11-4-5-12-23-19/h1-5,7-8,11-12,14,16-17H,6,9-10,13H2,(H,24,27)(H,23,26,28)/t17-/m0/s1. The fourth-order valence-electron chi connectivity index (χ4n) is 3.18. The van der Waals surface area contributed by atoms with Crippen molar-refractivity contribution in [2.24, 2.45) is 5.92 Å².